The number of hydrogen-bond donors (Lipinski definition) is 3. The number of pyridine rings is 1. The molecule has 1 aromatic carbocycles. The lowest BCUT2D eigenvalue weighted by molar-refractivity contribution is -0.618. The van der Waals surface area contributed by atoms with E-state index in [1.165, 1.54) is 33.1 Å². The van der Waals surface area contributed by atoms with E-state index in [1.807, 2.05) is 0 Å². The number of halogens is 4. The third-order valence-electron chi connectivity index (χ3n) is 6.59. The molecule has 0 bridgehead atoms. The first-order valence-electron chi connectivity index (χ1n) is 10.7. The summed E-state index contributed by atoms with van der Waals surface area (Å²) >= 11 is 0. The summed E-state index contributed by atoms with van der Waals surface area (Å²) in [5, 5.41) is 33.2. The van der Waals surface area contributed by atoms with Crippen molar-refractivity contribution in [3.05, 3.63) is 58.3 Å². The van der Waals surface area contributed by atoms with E-state index >= 15 is 0 Å². The van der Waals surface area contributed by atoms with Crippen molar-refractivity contribution < 1.29 is 46.8 Å². The van der Waals surface area contributed by atoms with Gasteiger partial charge >= 0.3 is 6.18 Å². The number of rotatable bonds is 6. The van der Waals surface area contributed by atoms with E-state index in [2.05, 4.69) is 5.32 Å². The van der Waals surface area contributed by atoms with E-state index in [0.29, 0.717) is 0 Å². The first-order valence-corrected chi connectivity index (χ1v) is 10.7. The van der Waals surface area contributed by atoms with E-state index in [0.717, 1.165) is 25.3 Å². The highest BCUT2D eigenvalue weighted by Crippen LogP contribution is 2.55. The zero-order chi connectivity index (χ0) is 26.3. The third-order valence-corrected chi connectivity index (χ3v) is 6.59. The molecule has 8 nitrogen and oxygen atoms in total. The van der Waals surface area contributed by atoms with Crippen LogP contribution in [-0.4, -0.2) is 47.7 Å². The van der Waals surface area contributed by atoms with Gasteiger partial charge in [-0.05, 0) is 26.0 Å². The molecule has 3 N–H and O–H groups in total. The van der Waals surface area contributed by atoms with Gasteiger partial charge in [-0.2, -0.15) is 17.9 Å². The molecule has 0 aliphatic carbocycles. The van der Waals surface area contributed by atoms with Crippen LogP contribution in [0.15, 0.2) is 30.5 Å². The van der Waals surface area contributed by atoms with Crippen LogP contribution in [0.2, 0.25) is 0 Å². The van der Waals surface area contributed by atoms with Crippen LogP contribution in [0.3, 0.4) is 0 Å². The van der Waals surface area contributed by atoms with Gasteiger partial charge in [-0.3, -0.25) is 4.79 Å². The smallest absolute Gasteiger partial charge is 0.417 e. The molecule has 2 heterocycles. The van der Waals surface area contributed by atoms with Gasteiger partial charge in [0.05, 0.1) is 13.7 Å². The summed E-state index contributed by atoms with van der Waals surface area (Å²) in [6.07, 6.45) is -7.06. The maximum atomic E-state index is 14.1. The quantitative estimate of drug-likeness (QED) is 0.318. The molecule has 0 radical (unpaired) electrons. The number of carbonyl (C=O) groups is 1. The summed E-state index contributed by atoms with van der Waals surface area (Å²) in [6, 6.07) is 4.76. The van der Waals surface area contributed by atoms with Crippen LogP contribution in [0.25, 0.3) is 0 Å². The fraction of sp³-hybridized carbons (Fsp3) is 0.478. The van der Waals surface area contributed by atoms with E-state index < -0.39 is 54.2 Å². The van der Waals surface area contributed by atoms with Crippen LogP contribution < -0.4 is 14.8 Å². The number of nitrogens with one attached hydrogen (secondary N) is 1. The largest absolute Gasteiger partial charge is 0.618 e. The Morgan fingerprint density at radius 1 is 1.34 bits per heavy atom. The van der Waals surface area contributed by atoms with Crippen molar-refractivity contribution in [2.24, 2.45) is 5.92 Å². The molecule has 1 aromatic heterocycles. The zero-order valence-corrected chi connectivity index (χ0v) is 19.4. The summed E-state index contributed by atoms with van der Waals surface area (Å²) in [7, 11) is 1.25. The molecule has 1 saturated heterocycles. The van der Waals surface area contributed by atoms with Crippen molar-refractivity contribution >= 4 is 11.6 Å². The highest BCUT2D eigenvalue weighted by molar-refractivity contribution is 5.95. The van der Waals surface area contributed by atoms with Gasteiger partial charge in [-0.15, -0.1) is 0 Å². The van der Waals surface area contributed by atoms with Crippen LogP contribution in [0.5, 0.6) is 5.75 Å². The van der Waals surface area contributed by atoms with E-state index in [9.17, 15) is 32.7 Å². The van der Waals surface area contributed by atoms with Crippen molar-refractivity contribution in [3.63, 3.8) is 0 Å². The van der Waals surface area contributed by atoms with Crippen LogP contribution in [0.4, 0.5) is 23.2 Å². The normalized spacial score (nSPS) is 25.4. The maximum Gasteiger partial charge on any atom is 0.417 e. The summed E-state index contributed by atoms with van der Waals surface area (Å²) in [5.41, 5.74) is -2.72. The first-order chi connectivity index (χ1) is 16.3. The number of aromatic nitrogens is 1. The summed E-state index contributed by atoms with van der Waals surface area (Å²) in [6.45, 7) is 2.83. The number of carbonyl (C=O) groups excluding carboxylic acids is 1. The van der Waals surface area contributed by atoms with Crippen LogP contribution in [0.1, 0.15) is 42.7 Å². The molecule has 0 spiro atoms. The van der Waals surface area contributed by atoms with Crippen molar-refractivity contribution in [2.45, 2.75) is 50.7 Å². The Morgan fingerprint density at radius 2 is 2.00 bits per heavy atom. The van der Waals surface area contributed by atoms with Gasteiger partial charge in [-0.1, -0.05) is 13.0 Å². The molecule has 192 valence electrons. The lowest BCUT2D eigenvalue weighted by Gasteiger charge is -2.32. The second-order valence-electron chi connectivity index (χ2n) is 8.61. The highest BCUT2D eigenvalue weighted by Gasteiger charge is 2.65. The van der Waals surface area contributed by atoms with E-state index in [-0.39, 0.29) is 33.0 Å². The molecular formula is C23H26F4N2O6. The molecule has 1 aliphatic rings. The molecule has 2 aromatic rings. The number of anilines is 1. The minimum Gasteiger partial charge on any atom is -0.618 e. The van der Waals surface area contributed by atoms with Gasteiger partial charge in [0.25, 0.3) is 5.91 Å². The van der Waals surface area contributed by atoms with Gasteiger partial charge in [0.15, 0.2) is 11.7 Å². The topological polar surface area (TPSA) is 115 Å². The first kappa shape index (κ1) is 26.6. The Bertz CT molecular complexity index is 1110. The Balaban J connectivity index is 2.03. The second kappa shape index (κ2) is 9.59. The molecule has 3 rings (SSSR count). The van der Waals surface area contributed by atoms with Crippen molar-refractivity contribution in [1.82, 2.24) is 0 Å². The maximum absolute atomic E-state index is 14.1. The molecule has 1 aliphatic heterocycles. The van der Waals surface area contributed by atoms with Crippen molar-refractivity contribution in [2.75, 3.05) is 19.0 Å². The SMILES string of the molecule is COc1c([C@@H]2[C@@H](C(=O)Nc3ccc([C@H](O)CO)[n+]([O-])c3)O[C@](C)(C(F)(F)F)[C@@H]2C)ccc(F)c1C. The van der Waals surface area contributed by atoms with Gasteiger partial charge in [0.1, 0.15) is 23.4 Å². The molecular weight excluding hydrogens is 476 g/mol. The zero-order valence-electron chi connectivity index (χ0n) is 19.4. The summed E-state index contributed by atoms with van der Waals surface area (Å²) in [4.78, 5) is 13.2. The summed E-state index contributed by atoms with van der Waals surface area (Å²) < 4.78 is 67.1. The average molecular weight is 502 g/mol. The Hall–Kier alpha value is -2.96. The predicted molar refractivity (Wildman–Crippen MR) is 115 cm³/mol. The lowest BCUT2D eigenvalue weighted by atomic mass is 9.76. The molecule has 0 unspecified atom stereocenters. The number of nitrogens with zero attached hydrogens (tertiary/aromatic N) is 1. The third kappa shape index (κ3) is 4.65. The number of ether oxygens (including phenoxy) is 2. The second-order valence-corrected chi connectivity index (χ2v) is 8.61. The molecule has 5 atom stereocenters. The Labute approximate surface area is 198 Å². The monoisotopic (exact) mass is 502 g/mol. The van der Waals surface area contributed by atoms with Crippen LogP contribution >= 0.6 is 0 Å². The van der Waals surface area contributed by atoms with Crippen molar-refractivity contribution in [3.8, 4) is 5.75 Å². The number of amides is 1. The van der Waals surface area contributed by atoms with Gasteiger partial charge in [0.2, 0.25) is 11.9 Å². The van der Waals surface area contributed by atoms with Crippen molar-refractivity contribution in [1.29, 1.82) is 0 Å². The fourth-order valence-corrected chi connectivity index (χ4v) is 4.38. The number of methoxy groups -OCH3 is 1. The molecule has 1 fully saturated rings. The summed E-state index contributed by atoms with van der Waals surface area (Å²) in [5.74, 6) is -4.03. The van der Waals surface area contributed by atoms with Gasteiger partial charge < -0.3 is 30.2 Å². The minimum absolute atomic E-state index is 0.00872. The Morgan fingerprint density at radius 3 is 2.54 bits per heavy atom. The predicted octanol–water partition coefficient (Wildman–Crippen LogP) is 2.88. The lowest BCUT2D eigenvalue weighted by Crippen LogP contribution is -2.47. The van der Waals surface area contributed by atoms with Gasteiger partial charge in [-0.25, -0.2) is 4.39 Å². The van der Waals surface area contributed by atoms with E-state index in [1.54, 1.807) is 0 Å². The molecule has 1 amide bonds. The average Bonchev–Trinajstić information content (AvgIpc) is 3.07. The van der Waals surface area contributed by atoms with E-state index in [4.69, 9.17) is 14.6 Å². The standard InChI is InChI=1S/C23H26F4N2O6/c1-11-15(24)7-6-14(19(11)34-4)18-12(2)22(3,23(25,26)27)35-20(18)21(32)28-13-5-8-16(17(31)10-30)29(33)9-13/h5-9,12,17-18,20,30-31H,10H2,1-4H3,(H,28,32)/t12-,17-,18-,20+,22+/m1/s1. The molecule has 12 heteroatoms. The number of aliphatic hydroxyl groups is 2. The van der Waals surface area contributed by atoms with Crippen LogP contribution in [0, 0.1) is 23.9 Å². The number of hydrogen-bond acceptors (Lipinski definition) is 6. The Kier molecular flexibility index (Phi) is 7.30. The molecule has 0 saturated carbocycles. The molecule has 35 heavy (non-hydrogen) atoms. The van der Waals surface area contributed by atoms with Crippen LogP contribution in [-0.2, 0) is 9.53 Å². The fourth-order valence-electron chi connectivity index (χ4n) is 4.38. The number of alkyl halides is 3. The number of benzene rings is 1. The highest BCUT2D eigenvalue weighted by atomic mass is 19.4. The minimum atomic E-state index is -4.83. The van der Waals surface area contributed by atoms with Gasteiger partial charge in [0, 0.05) is 29.0 Å². The number of aliphatic hydroxyl groups excluding tert-OH is 2.